The summed E-state index contributed by atoms with van der Waals surface area (Å²) in [5.74, 6) is 2.29. The minimum absolute atomic E-state index is 0.253. The number of benzene rings is 1. The van der Waals surface area contributed by atoms with Crippen molar-refractivity contribution in [3.8, 4) is 11.1 Å². The van der Waals surface area contributed by atoms with Crippen molar-refractivity contribution < 1.29 is 9.53 Å². The molecule has 0 radical (unpaired) electrons. The second-order valence-electron chi connectivity index (χ2n) is 8.50. The Kier molecular flexibility index (Phi) is 4.17. The number of amides is 1. The van der Waals surface area contributed by atoms with E-state index in [0.717, 1.165) is 35.7 Å². The average molecular weight is 417 g/mol. The maximum atomic E-state index is 12.3. The van der Waals surface area contributed by atoms with Crippen LogP contribution >= 0.6 is 0 Å². The predicted octanol–water partition coefficient (Wildman–Crippen LogP) is 1.76. The van der Waals surface area contributed by atoms with E-state index in [2.05, 4.69) is 32.3 Å². The van der Waals surface area contributed by atoms with E-state index in [4.69, 9.17) is 10.5 Å². The number of hydrogen-bond donors (Lipinski definition) is 1. The van der Waals surface area contributed by atoms with Crippen molar-refractivity contribution in [2.75, 3.05) is 29.4 Å². The lowest BCUT2D eigenvalue weighted by molar-refractivity contribution is 0.129. The van der Waals surface area contributed by atoms with Crippen LogP contribution in [0.1, 0.15) is 0 Å². The number of fused-ring (bicyclic) bond motifs is 1. The molecular formula is C22H23N7O2. The van der Waals surface area contributed by atoms with Gasteiger partial charge in [-0.05, 0) is 41.7 Å². The summed E-state index contributed by atoms with van der Waals surface area (Å²) in [5.41, 5.74) is 8.94. The average Bonchev–Trinajstić information content (AvgIpc) is 3.30. The summed E-state index contributed by atoms with van der Waals surface area (Å²) in [5, 5.41) is 7.71. The van der Waals surface area contributed by atoms with Gasteiger partial charge in [-0.15, -0.1) is 5.10 Å². The lowest BCUT2D eigenvalue weighted by Crippen LogP contribution is -2.28. The molecule has 9 heteroatoms. The van der Waals surface area contributed by atoms with Gasteiger partial charge < -0.3 is 15.4 Å². The SMILES string of the molecule is N[C@@H]1[C@H]2CN(c3ccc(-c4ccc(N5C[C@H](Cn6ccnn6)OC5=O)cc4)cn3)C[C@@H]12. The first-order valence-corrected chi connectivity index (χ1v) is 10.5. The van der Waals surface area contributed by atoms with Crippen molar-refractivity contribution >= 4 is 17.6 Å². The van der Waals surface area contributed by atoms with Gasteiger partial charge in [0.2, 0.25) is 0 Å². The normalized spacial score (nSPS) is 26.8. The van der Waals surface area contributed by atoms with Crippen LogP contribution in [0, 0.1) is 11.8 Å². The highest BCUT2D eigenvalue weighted by molar-refractivity contribution is 5.90. The molecular weight excluding hydrogens is 394 g/mol. The van der Waals surface area contributed by atoms with Crippen molar-refractivity contribution in [2.45, 2.75) is 18.7 Å². The smallest absolute Gasteiger partial charge is 0.414 e. The maximum Gasteiger partial charge on any atom is 0.414 e. The molecule has 3 aliphatic rings. The summed E-state index contributed by atoms with van der Waals surface area (Å²) < 4.78 is 7.14. The minimum atomic E-state index is -0.340. The molecule has 2 N–H and O–H groups in total. The zero-order valence-electron chi connectivity index (χ0n) is 16.9. The number of cyclic esters (lactones) is 1. The van der Waals surface area contributed by atoms with E-state index < -0.39 is 0 Å². The van der Waals surface area contributed by atoms with Crippen molar-refractivity contribution in [3.05, 3.63) is 55.0 Å². The zero-order chi connectivity index (χ0) is 20.9. The predicted molar refractivity (Wildman–Crippen MR) is 114 cm³/mol. The lowest BCUT2D eigenvalue weighted by atomic mass is 10.1. The number of ether oxygens (including phenoxy) is 1. The highest BCUT2D eigenvalue weighted by Crippen LogP contribution is 2.44. The number of aromatic nitrogens is 4. The van der Waals surface area contributed by atoms with E-state index in [-0.39, 0.29) is 12.2 Å². The Balaban J connectivity index is 1.12. The van der Waals surface area contributed by atoms with E-state index in [1.54, 1.807) is 22.0 Å². The fraction of sp³-hybridized carbons (Fsp3) is 0.364. The molecule has 1 saturated carbocycles. The second kappa shape index (κ2) is 7.05. The molecule has 2 saturated heterocycles. The van der Waals surface area contributed by atoms with E-state index >= 15 is 0 Å². The number of anilines is 2. The van der Waals surface area contributed by atoms with Crippen molar-refractivity contribution in [1.82, 2.24) is 20.0 Å². The van der Waals surface area contributed by atoms with Crippen LogP contribution in [0.25, 0.3) is 11.1 Å². The summed E-state index contributed by atoms with van der Waals surface area (Å²) in [6.07, 6.45) is 4.68. The molecule has 0 unspecified atom stereocenters. The molecule has 4 atom stereocenters. The molecule has 1 aromatic carbocycles. The Morgan fingerprint density at radius 2 is 1.81 bits per heavy atom. The van der Waals surface area contributed by atoms with Gasteiger partial charge in [0.25, 0.3) is 0 Å². The van der Waals surface area contributed by atoms with Crippen LogP contribution in [0.5, 0.6) is 0 Å². The molecule has 4 heterocycles. The number of carbonyl (C=O) groups excluding carboxylic acids is 1. The van der Waals surface area contributed by atoms with E-state index in [0.29, 0.717) is 31.0 Å². The number of carbonyl (C=O) groups is 1. The molecule has 3 fully saturated rings. The first-order valence-electron chi connectivity index (χ1n) is 10.5. The fourth-order valence-electron chi connectivity index (χ4n) is 4.70. The molecule has 31 heavy (non-hydrogen) atoms. The highest BCUT2D eigenvalue weighted by Gasteiger charge is 2.53. The first-order chi connectivity index (χ1) is 15.2. The van der Waals surface area contributed by atoms with Crippen LogP contribution in [-0.2, 0) is 11.3 Å². The third kappa shape index (κ3) is 3.31. The van der Waals surface area contributed by atoms with E-state index in [1.165, 1.54) is 0 Å². The van der Waals surface area contributed by atoms with Crippen LogP contribution in [0.2, 0.25) is 0 Å². The number of nitrogens with zero attached hydrogens (tertiary/aromatic N) is 6. The molecule has 0 spiro atoms. The number of nitrogens with two attached hydrogens (primary N) is 1. The summed E-state index contributed by atoms with van der Waals surface area (Å²) in [4.78, 5) is 20.9. The van der Waals surface area contributed by atoms with Crippen molar-refractivity contribution in [2.24, 2.45) is 17.6 Å². The molecule has 1 amide bonds. The van der Waals surface area contributed by atoms with Crippen molar-refractivity contribution in [1.29, 1.82) is 0 Å². The van der Waals surface area contributed by atoms with Gasteiger partial charge in [0, 0.05) is 42.8 Å². The van der Waals surface area contributed by atoms with Crippen LogP contribution < -0.4 is 15.5 Å². The van der Waals surface area contributed by atoms with Crippen LogP contribution in [0.4, 0.5) is 16.3 Å². The second-order valence-corrected chi connectivity index (χ2v) is 8.50. The Labute approximate surface area is 179 Å². The molecule has 1 aliphatic carbocycles. The van der Waals surface area contributed by atoms with Gasteiger partial charge in [-0.3, -0.25) is 4.90 Å². The molecule has 2 aromatic heterocycles. The fourth-order valence-corrected chi connectivity index (χ4v) is 4.70. The van der Waals surface area contributed by atoms with E-state index in [1.807, 2.05) is 30.5 Å². The third-order valence-corrected chi connectivity index (χ3v) is 6.58. The van der Waals surface area contributed by atoms with Crippen molar-refractivity contribution in [3.63, 3.8) is 0 Å². The van der Waals surface area contributed by atoms with Gasteiger partial charge >= 0.3 is 6.09 Å². The number of hydrogen-bond acceptors (Lipinski definition) is 7. The maximum absolute atomic E-state index is 12.3. The van der Waals surface area contributed by atoms with Crippen LogP contribution in [0.3, 0.4) is 0 Å². The quantitative estimate of drug-likeness (QED) is 0.675. The summed E-state index contributed by atoms with van der Waals surface area (Å²) >= 11 is 0. The molecule has 158 valence electrons. The standard InChI is InChI=1S/C22H23N7O2/c23-21-18-12-27(13-19(18)21)20-6-3-15(9-24-20)14-1-4-16(5-2-14)29-11-17(31-22(29)30)10-28-8-7-25-26-28/h1-9,17-19,21H,10-13,23H2/t17-,18-,19+,21+/m0/s1. The first kappa shape index (κ1) is 18.3. The molecule has 6 rings (SSSR count). The van der Waals surface area contributed by atoms with Crippen LogP contribution in [0.15, 0.2) is 55.0 Å². The van der Waals surface area contributed by atoms with Gasteiger partial charge in [-0.25, -0.2) is 14.5 Å². The van der Waals surface area contributed by atoms with Gasteiger partial charge in [0.15, 0.2) is 0 Å². The van der Waals surface area contributed by atoms with Gasteiger partial charge in [0.05, 0.1) is 19.3 Å². The zero-order valence-corrected chi connectivity index (χ0v) is 16.9. The third-order valence-electron chi connectivity index (χ3n) is 6.58. The number of pyridine rings is 1. The molecule has 0 bridgehead atoms. The summed E-state index contributed by atoms with van der Waals surface area (Å²) in [7, 11) is 0. The van der Waals surface area contributed by atoms with Gasteiger partial charge in [0.1, 0.15) is 11.9 Å². The number of rotatable bonds is 5. The summed E-state index contributed by atoms with van der Waals surface area (Å²) in [6, 6.07) is 12.5. The monoisotopic (exact) mass is 417 g/mol. The van der Waals surface area contributed by atoms with Crippen LogP contribution in [-0.4, -0.2) is 57.9 Å². The molecule has 9 nitrogen and oxygen atoms in total. The Bertz CT molecular complexity index is 1070. The molecule has 3 aromatic rings. The van der Waals surface area contributed by atoms with E-state index in [9.17, 15) is 4.79 Å². The number of piperidine rings is 1. The Morgan fingerprint density at radius 3 is 2.48 bits per heavy atom. The van der Waals surface area contributed by atoms with Gasteiger partial charge in [-0.1, -0.05) is 17.3 Å². The highest BCUT2D eigenvalue weighted by atomic mass is 16.6. The largest absolute Gasteiger partial charge is 0.442 e. The summed E-state index contributed by atoms with van der Waals surface area (Å²) in [6.45, 7) is 2.99. The Hall–Kier alpha value is -3.46. The lowest BCUT2D eigenvalue weighted by Gasteiger charge is -2.20. The Morgan fingerprint density at radius 1 is 1.03 bits per heavy atom. The van der Waals surface area contributed by atoms with Gasteiger partial charge in [-0.2, -0.15) is 0 Å². The minimum Gasteiger partial charge on any atom is -0.442 e. The topological polar surface area (TPSA) is 102 Å². The molecule has 2 aliphatic heterocycles.